The zero-order chi connectivity index (χ0) is 15.3. The van der Waals surface area contributed by atoms with Crippen LogP contribution in [0.25, 0.3) is 10.9 Å². The van der Waals surface area contributed by atoms with E-state index < -0.39 is 0 Å². The second kappa shape index (κ2) is 4.99. The van der Waals surface area contributed by atoms with Crippen molar-refractivity contribution in [3.8, 4) is 0 Å². The van der Waals surface area contributed by atoms with Gasteiger partial charge in [0.25, 0.3) is 0 Å². The molecule has 22 heavy (non-hydrogen) atoms. The van der Waals surface area contributed by atoms with Gasteiger partial charge in [0.1, 0.15) is 0 Å². The molecule has 0 bridgehead atoms. The second-order valence-corrected chi connectivity index (χ2v) is 6.55. The molecule has 0 fully saturated rings. The van der Waals surface area contributed by atoms with Crippen LogP contribution >= 0.6 is 0 Å². The molecule has 112 valence electrons. The minimum atomic E-state index is 0.274. The summed E-state index contributed by atoms with van der Waals surface area (Å²) in [4.78, 5) is 3.68. The zero-order valence-corrected chi connectivity index (χ0v) is 13.5. The summed E-state index contributed by atoms with van der Waals surface area (Å²) in [6.07, 6.45) is 1.10. The molecule has 1 aromatic heterocycles. The van der Waals surface area contributed by atoms with Gasteiger partial charge < -0.3 is 10.3 Å². The molecule has 1 aliphatic heterocycles. The molecular weight excluding hydrogens is 268 g/mol. The van der Waals surface area contributed by atoms with Gasteiger partial charge in [0, 0.05) is 23.1 Å². The minimum Gasteiger partial charge on any atom is -0.357 e. The van der Waals surface area contributed by atoms with Crippen LogP contribution in [0.2, 0.25) is 0 Å². The Labute approximate surface area is 131 Å². The maximum Gasteiger partial charge on any atom is 0.0732 e. The third-order valence-electron chi connectivity index (χ3n) is 4.97. The maximum atomic E-state index is 3.68. The predicted molar refractivity (Wildman–Crippen MR) is 92.5 cm³/mol. The summed E-state index contributed by atoms with van der Waals surface area (Å²) in [5, 5.41) is 5.07. The Morgan fingerprint density at radius 3 is 2.64 bits per heavy atom. The number of fused-ring (bicyclic) bond motifs is 3. The lowest BCUT2D eigenvalue weighted by molar-refractivity contribution is 0.560. The number of aryl methyl sites for hydroxylation is 3. The normalized spacial score (nSPS) is 17.7. The lowest BCUT2D eigenvalue weighted by atomic mass is 9.92. The number of aromatic nitrogens is 1. The Hall–Kier alpha value is -2.06. The number of hydrogen-bond donors (Lipinski definition) is 2. The number of hydrogen-bond acceptors (Lipinski definition) is 1. The van der Waals surface area contributed by atoms with Gasteiger partial charge in [0.2, 0.25) is 0 Å². The van der Waals surface area contributed by atoms with Crippen molar-refractivity contribution in [1.29, 1.82) is 0 Å². The van der Waals surface area contributed by atoms with Gasteiger partial charge in [0.15, 0.2) is 0 Å². The van der Waals surface area contributed by atoms with Crippen molar-refractivity contribution in [2.75, 3.05) is 6.54 Å². The lowest BCUT2D eigenvalue weighted by Crippen LogP contribution is -2.30. The maximum absolute atomic E-state index is 3.68. The summed E-state index contributed by atoms with van der Waals surface area (Å²) in [6.45, 7) is 7.55. The second-order valence-electron chi connectivity index (χ2n) is 6.55. The third kappa shape index (κ3) is 2.06. The first kappa shape index (κ1) is 13.6. The van der Waals surface area contributed by atoms with Crippen LogP contribution in [0.3, 0.4) is 0 Å². The minimum absolute atomic E-state index is 0.274. The third-order valence-corrected chi connectivity index (χ3v) is 4.97. The topological polar surface area (TPSA) is 27.8 Å². The van der Waals surface area contributed by atoms with Crippen LogP contribution in [-0.2, 0) is 6.42 Å². The van der Waals surface area contributed by atoms with Crippen LogP contribution in [0.5, 0.6) is 0 Å². The van der Waals surface area contributed by atoms with E-state index in [1.54, 1.807) is 0 Å². The van der Waals surface area contributed by atoms with Crippen molar-refractivity contribution < 1.29 is 0 Å². The standard InChI is InChI=1S/C20H22N2/c1-12-4-7-16-17-8-9-21-19(20(17)22-18(16)10-12)15-6-5-13(2)14(3)11-15/h4-7,10-11,19,21-22H,8-9H2,1-3H3. The van der Waals surface area contributed by atoms with Crippen LogP contribution in [0.4, 0.5) is 0 Å². The van der Waals surface area contributed by atoms with E-state index in [4.69, 9.17) is 0 Å². The van der Waals surface area contributed by atoms with Crippen molar-refractivity contribution in [3.05, 3.63) is 69.9 Å². The van der Waals surface area contributed by atoms with Gasteiger partial charge in [-0.2, -0.15) is 0 Å². The molecule has 0 amide bonds. The Kier molecular flexibility index (Phi) is 3.08. The molecule has 1 atom stereocenters. The van der Waals surface area contributed by atoms with E-state index in [1.807, 2.05) is 0 Å². The highest BCUT2D eigenvalue weighted by molar-refractivity contribution is 5.86. The summed E-state index contributed by atoms with van der Waals surface area (Å²) in [6, 6.07) is 13.8. The van der Waals surface area contributed by atoms with Crippen LogP contribution in [0.15, 0.2) is 36.4 Å². The Balaban J connectivity index is 1.88. The van der Waals surface area contributed by atoms with Crippen molar-refractivity contribution in [3.63, 3.8) is 0 Å². The summed E-state index contributed by atoms with van der Waals surface area (Å²) >= 11 is 0. The van der Waals surface area contributed by atoms with Crippen LogP contribution in [-0.4, -0.2) is 11.5 Å². The highest BCUT2D eigenvalue weighted by Crippen LogP contribution is 2.34. The molecular formula is C20H22N2. The molecule has 4 rings (SSSR count). The molecule has 2 N–H and O–H groups in total. The number of benzene rings is 2. The average molecular weight is 290 g/mol. The van der Waals surface area contributed by atoms with Gasteiger partial charge >= 0.3 is 0 Å². The van der Waals surface area contributed by atoms with E-state index in [0.717, 1.165) is 13.0 Å². The van der Waals surface area contributed by atoms with Gasteiger partial charge in [-0.15, -0.1) is 0 Å². The van der Waals surface area contributed by atoms with Gasteiger partial charge in [0.05, 0.1) is 6.04 Å². The highest BCUT2D eigenvalue weighted by atomic mass is 15.0. The molecule has 2 aromatic carbocycles. The molecule has 1 unspecified atom stereocenters. The van der Waals surface area contributed by atoms with E-state index >= 15 is 0 Å². The molecule has 2 heterocycles. The largest absolute Gasteiger partial charge is 0.357 e. The number of rotatable bonds is 1. The van der Waals surface area contributed by atoms with E-state index in [9.17, 15) is 0 Å². The first-order chi connectivity index (χ1) is 10.6. The first-order valence-corrected chi connectivity index (χ1v) is 8.05. The molecule has 0 saturated heterocycles. The van der Waals surface area contributed by atoms with Gasteiger partial charge in [-0.1, -0.05) is 30.3 Å². The molecule has 0 radical (unpaired) electrons. The molecule has 1 aliphatic rings. The Morgan fingerprint density at radius 1 is 0.955 bits per heavy atom. The molecule has 0 saturated carbocycles. The van der Waals surface area contributed by atoms with Crippen LogP contribution < -0.4 is 5.32 Å². The fourth-order valence-corrected chi connectivity index (χ4v) is 3.58. The predicted octanol–water partition coefficient (Wildman–Crippen LogP) is 4.33. The molecule has 2 nitrogen and oxygen atoms in total. The fraction of sp³-hybridized carbons (Fsp3) is 0.300. The van der Waals surface area contributed by atoms with Crippen molar-refractivity contribution in [2.24, 2.45) is 0 Å². The smallest absolute Gasteiger partial charge is 0.0732 e. The quantitative estimate of drug-likeness (QED) is 0.686. The first-order valence-electron chi connectivity index (χ1n) is 8.05. The van der Waals surface area contributed by atoms with Crippen molar-refractivity contribution in [2.45, 2.75) is 33.2 Å². The zero-order valence-electron chi connectivity index (χ0n) is 13.5. The van der Waals surface area contributed by atoms with Gasteiger partial charge in [-0.05, 0) is 61.1 Å². The molecule has 3 aromatic rings. The van der Waals surface area contributed by atoms with E-state index in [2.05, 4.69) is 67.5 Å². The average Bonchev–Trinajstić information content (AvgIpc) is 2.87. The molecule has 0 spiro atoms. The Bertz CT molecular complexity index is 858. The van der Waals surface area contributed by atoms with Gasteiger partial charge in [-0.3, -0.25) is 0 Å². The summed E-state index contributed by atoms with van der Waals surface area (Å²) in [5.74, 6) is 0. The van der Waals surface area contributed by atoms with E-state index in [0.29, 0.717) is 0 Å². The van der Waals surface area contributed by atoms with Gasteiger partial charge in [-0.25, -0.2) is 0 Å². The van der Waals surface area contributed by atoms with Crippen LogP contribution in [0, 0.1) is 20.8 Å². The number of aromatic amines is 1. The summed E-state index contributed by atoms with van der Waals surface area (Å²) < 4.78 is 0. The van der Waals surface area contributed by atoms with Crippen molar-refractivity contribution >= 4 is 10.9 Å². The van der Waals surface area contributed by atoms with Crippen LogP contribution in [0.1, 0.15) is 39.6 Å². The molecule has 2 heteroatoms. The fourth-order valence-electron chi connectivity index (χ4n) is 3.58. The van der Waals surface area contributed by atoms with Crippen molar-refractivity contribution in [1.82, 2.24) is 10.3 Å². The lowest BCUT2D eigenvalue weighted by Gasteiger charge is -2.25. The van der Waals surface area contributed by atoms with E-state index in [1.165, 1.54) is 44.4 Å². The van der Waals surface area contributed by atoms with E-state index in [-0.39, 0.29) is 6.04 Å². The SMILES string of the molecule is Cc1ccc2c3c([nH]c2c1)C(c1ccc(C)c(C)c1)NCC3. The summed E-state index contributed by atoms with van der Waals surface area (Å²) in [5.41, 5.74) is 9.47. The monoisotopic (exact) mass is 290 g/mol. The number of nitrogens with one attached hydrogen (secondary N) is 2. The highest BCUT2D eigenvalue weighted by Gasteiger charge is 2.25. The number of H-pyrrole nitrogens is 1. The molecule has 0 aliphatic carbocycles. The summed E-state index contributed by atoms with van der Waals surface area (Å²) in [7, 11) is 0. The Morgan fingerprint density at radius 2 is 1.82 bits per heavy atom.